The minimum atomic E-state index is 0.140. The lowest BCUT2D eigenvalue weighted by Crippen LogP contribution is -2.03. The molecule has 4 heteroatoms. The number of ketones is 1. The Labute approximate surface area is 106 Å². The van der Waals surface area contributed by atoms with E-state index in [9.17, 15) is 4.79 Å². The van der Waals surface area contributed by atoms with Gasteiger partial charge < -0.3 is 0 Å². The van der Waals surface area contributed by atoms with Crippen LogP contribution in [0.4, 0.5) is 0 Å². The van der Waals surface area contributed by atoms with Gasteiger partial charge in [0.15, 0.2) is 5.78 Å². The first-order valence-electron chi connectivity index (χ1n) is 5.01. The predicted molar refractivity (Wildman–Crippen MR) is 65.9 cm³/mol. The molecule has 1 aliphatic carbocycles. The Kier molecular flexibility index (Phi) is 3.57. The zero-order valence-corrected chi connectivity index (χ0v) is 11.3. The van der Waals surface area contributed by atoms with Crippen LogP contribution >= 0.6 is 31.9 Å². The van der Waals surface area contributed by atoms with Crippen molar-refractivity contribution < 1.29 is 4.79 Å². The van der Waals surface area contributed by atoms with Gasteiger partial charge in [-0.3, -0.25) is 9.78 Å². The monoisotopic (exact) mass is 331 g/mol. The summed E-state index contributed by atoms with van der Waals surface area (Å²) in [7, 11) is 0. The summed E-state index contributed by atoms with van der Waals surface area (Å²) in [5.74, 6) is 0.935. The fourth-order valence-electron chi connectivity index (χ4n) is 1.48. The number of carbonyl (C=O) groups is 1. The Morgan fingerprint density at radius 1 is 1.47 bits per heavy atom. The molecule has 0 amide bonds. The number of hydrogen-bond acceptors (Lipinski definition) is 2. The highest BCUT2D eigenvalue weighted by Crippen LogP contribution is 2.34. The normalized spacial score (nSPS) is 15.3. The van der Waals surface area contributed by atoms with Gasteiger partial charge in [0, 0.05) is 21.6 Å². The second-order valence-electron chi connectivity index (χ2n) is 3.89. The number of aromatic nitrogens is 1. The number of halogens is 2. The van der Waals surface area contributed by atoms with Crippen molar-refractivity contribution in [3.05, 3.63) is 26.9 Å². The molecular formula is C11H11Br2NO. The highest BCUT2D eigenvalue weighted by atomic mass is 79.9. The molecule has 0 N–H and O–H groups in total. The van der Waals surface area contributed by atoms with Gasteiger partial charge in [0.05, 0.1) is 0 Å². The molecule has 1 aliphatic rings. The molecule has 2 nitrogen and oxygen atoms in total. The van der Waals surface area contributed by atoms with Crippen molar-refractivity contribution in [2.24, 2.45) is 5.92 Å². The molecule has 15 heavy (non-hydrogen) atoms. The number of Topliss-reactive ketones (excluding diaryl/α,β-unsaturated/α-hetero) is 1. The predicted octanol–water partition coefficient (Wildman–Crippen LogP) is 3.98. The largest absolute Gasteiger partial charge is 0.292 e. The van der Waals surface area contributed by atoms with E-state index >= 15 is 0 Å². The van der Waals surface area contributed by atoms with Crippen molar-refractivity contribution in [3.8, 4) is 0 Å². The summed E-state index contributed by atoms with van der Waals surface area (Å²) in [5, 5.41) is 0. The van der Waals surface area contributed by atoms with Crippen LogP contribution in [0.3, 0.4) is 0 Å². The Bertz CT molecular complexity index is 388. The molecule has 1 aromatic heterocycles. The summed E-state index contributed by atoms with van der Waals surface area (Å²) < 4.78 is 1.66. The second-order valence-corrected chi connectivity index (χ2v) is 5.66. The first-order valence-corrected chi connectivity index (χ1v) is 6.59. The molecule has 80 valence electrons. The van der Waals surface area contributed by atoms with Gasteiger partial charge in [-0.25, -0.2) is 0 Å². The smallest absolute Gasteiger partial charge is 0.182 e. The van der Waals surface area contributed by atoms with Gasteiger partial charge in [-0.05, 0) is 50.3 Å². The van der Waals surface area contributed by atoms with Crippen molar-refractivity contribution in [1.82, 2.24) is 4.98 Å². The van der Waals surface area contributed by atoms with E-state index < -0.39 is 0 Å². The molecule has 0 saturated heterocycles. The summed E-state index contributed by atoms with van der Waals surface area (Å²) >= 11 is 6.67. The van der Waals surface area contributed by atoms with Crippen LogP contribution < -0.4 is 0 Å². The van der Waals surface area contributed by atoms with Crippen molar-refractivity contribution in [2.75, 3.05) is 0 Å². The first kappa shape index (κ1) is 11.3. The van der Waals surface area contributed by atoms with Crippen molar-refractivity contribution >= 4 is 37.6 Å². The third-order valence-electron chi connectivity index (χ3n) is 2.55. The van der Waals surface area contributed by atoms with E-state index in [2.05, 4.69) is 36.8 Å². The molecule has 0 spiro atoms. The minimum absolute atomic E-state index is 0.140. The summed E-state index contributed by atoms with van der Waals surface area (Å²) in [6.45, 7) is 0. The molecule has 2 rings (SSSR count). The fourth-order valence-corrected chi connectivity index (χ4v) is 2.69. The van der Waals surface area contributed by atoms with Crippen LogP contribution in [-0.2, 0) is 0 Å². The van der Waals surface area contributed by atoms with E-state index in [4.69, 9.17) is 0 Å². The van der Waals surface area contributed by atoms with E-state index in [0.29, 0.717) is 12.1 Å². The van der Waals surface area contributed by atoms with Crippen LogP contribution in [0.5, 0.6) is 0 Å². The number of pyridine rings is 1. The van der Waals surface area contributed by atoms with Crippen LogP contribution in [0.1, 0.15) is 36.2 Å². The van der Waals surface area contributed by atoms with E-state index in [0.717, 1.165) is 21.3 Å². The average Bonchev–Trinajstić information content (AvgIpc) is 2.97. The lowest BCUT2D eigenvalue weighted by Gasteiger charge is -2.02. The maximum absolute atomic E-state index is 11.8. The molecule has 1 fully saturated rings. The highest BCUT2D eigenvalue weighted by molar-refractivity contribution is 9.11. The Hall–Kier alpha value is -0.220. The molecular weight excluding hydrogens is 322 g/mol. The third-order valence-corrected chi connectivity index (χ3v) is 3.59. The zero-order chi connectivity index (χ0) is 10.8. The van der Waals surface area contributed by atoms with Crippen LogP contribution in [0.15, 0.2) is 21.2 Å². The number of hydrogen-bond donors (Lipinski definition) is 0. The number of carbonyl (C=O) groups excluding carboxylic acids is 1. The van der Waals surface area contributed by atoms with E-state index in [1.807, 2.05) is 6.07 Å². The lowest BCUT2D eigenvalue weighted by atomic mass is 10.1. The molecule has 1 saturated carbocycles. The quantitative estimate of drug-likeness (QED) is 0.780. The summed E-state index contributed by atoms with van der Waals surface area (Å²) in [4.78, 5) is 15.9. The Morgan fingerprint density at radius 2 is 2.20 bits per heavy atom. The molecule has 0 bridgehead atoms. The van der Waals surface area contributed by atoms with Gasteiger partial charge in [0.25, 0.3) is 0 Å². The Balaban J connectivity index is 2.03. The van der Waals surface area contributed by atoms with E-state index in [1.165, 1.54) is 12.8 Å². The topological polar surface area (TPSA) is 30.0 Å². The van der Waals surface area contributed by atoms with Crippen LogP contribution in [0.2, 0.25) is 0 Å². The number of rotatable bonds is 4. The Morgan fingerprint density at radius 3 is 2.80 bits per heavy atom. The summed E-state index contributed by atoms with van der Waals surface area (Å²) in [6.07, 6.45) is 5.89. The molecule has 0 unspecified atom stereocenters. The van der Waals surface area contributed by atoms with Gasteiger partial charge in [-0.2, -0.15) is 0 Å². The molecule has 0 aliphatic heterocycles. The van der Waals surface area contributed by atoms with Crippen LogP contribution in [-0.4, -0.2) is 10.8 Å². The standard InChI is InChI=1S/C11H11Br2NO/c12-8-5-9(13)11(14-6-8)10(15)4-3-7-1-2-7/h5-7H,1-4H2. The minimum Gasteiger partial charge on any atom is -0.292 e. The maximum Gasteiger partial charge on any atom is 0.182 e. The van der Waals surface area contributed by atoms with Crippen molar-refractivity contribution in [2.45, 2.75) is 25.7 Å². The molecule has 0 radical (unpaired) electrons. The van der Waals surface area contributed by atoms with Crippen LogP contribution in [0, 0.1) is 5.92 Å². The molecule has 0 atom stereocenters. The van der Waals surface area contributed by atoms with Crippen molar-refractivity contribution in [1.29, 1.82) is 0 Å². The van der Waals surface area contributed by atoms with Gasteiger partial charge in [-0.15, -0.1) is 0 Å². The maximum atomic E-state index is 11.8. The van der Waals surface area contributed by atoms with Gasteiger partial charge >= 0.3 is 0 Å². The van der Waals surface area contributed by atoms with Gasteiger partial charge in [0.1, 0.15) is 5.69 Å². The third kappa shape index (κ3) is 3.11. The molecule has 1 heterocycles. The van der Waals surface area contributed by atoms with Gasteiger partial charge in [0.2, 0.25) is 0 Å². The lowest BCUT2D eigenvalue weighted by molar-refractivity contribution is 0.0972. The summed E-state index contributed by atoms with van der Waals surface area (Å²) in [6, 6.07) is 1.86. The number of nitrogens with zero attached hydrogens (tertiary/aromatic N) is 1. The fraction of sp³-hybridized carbons (Fsp3) is 0.455. The van der Waals surface area contributed by atoms with E-state index in [1.54, 1.807) is 6.20 Å². The first-order chi connectivity index (χ1) is 7.16. The highest BCUT2D eigenvalue weighted by Gasteiger charge is 2.23. The van der Waals surface area contributed by atoms with Crippen LogP contribution in [0.25, 0.3) is 0 Å². The summed E-state index contributed by atoms with van der Waals surface area (Å²) in [5.41, 5.74) is 0.554. The zero-order valence-electron chi connectivity index (χ0n) is 8.17. The second kappa shape index (κ2) is 4.74. The SMILES string of the molecule is O=C(CCC1CC1)c1ncc(Br)cc1Br. The van der Waals surface area contributed by atoms with Crippen molar-refractivity contribution in [3.63, 3.8) is 0 Å². The van der Waals surface area contributed by atoms with Gasteiger partial charge in [-0.1, -0.05) is 12.8 Å². The molecule has 1 aromatic rings. The molecule has 0 aromatic carbocycles. The average molecular weight is 333 g/mol. The van der Waals surface area contributed by atoms with E-state index in [-0.39, 0.29) is 5.78 Å².